The fourth-order valence-corrected chi connectivity index (χ4v) is 8.14. The molecule has 8 N–H and O–H groups in total. The Kier molecular flexibility index (Phi) is 12.7. The Morgan fingerprint density at radius 1 is 0.886 bits per heavy atom. The van der Waals surface area contributed by atoms with E-state index in [-0.39, 0.29) is 53.1 Å². The van der Waals surface area contributed by atoms with E-state index >= 15 is 0 Å². The second-order valence-electron chi connectivity index (χ2n) is 10.7. The summed E-state index contributed by atoms with van der Waals surface area (Å²) in [6, 6.07) is -0.571. The lowest BCUT2D eigenvalue weighted by atomic mass is 9.79. The fraction of sp³-hybridized carbons (Fsp3) is 0.667. The van der Waals surface area contributed by atoms with Crippen molar-refractivity contribution >= 4 is 53.6 Å². The summed E-state index contributed by atoms with van der Waals surface area (Å²) in [5.41, 5.74) is 10.5. The highest BCUT2D eigenvalue weighted by molar-refractivity contribution is 8.03. The number of rotatable bonds is 15. The molecule has 0 aliphatic carbocycles. The Hall–Kier alpha value is -2.67. The van der Waals surface area contributed by atoms with Crippen LogP contribution in [0, 0.1) is 23.7 Å². The normalized spacial score (nSPS) is 28.8. The molecule has 246 valence electrons. The molecule has 4 heterocycles. The smallest absolute Gasteiger partial charge is 0.353 e. The van der Waals surface area contributed by atoms with Crippen molar-refractivity contribution in [2.24, 2.45) is 40.1 Å². The van der Waals surface area contributed by atoms with E-state index in [1.54, 1.807) is 13.8 Å². The van der Waals surface area contributed by atoms with Crippen LogP contribution in [0.3, 0.4) is 0 Å². The molecule has 0 bridgehead atoms. The van der Waals surface area contributed by atoms with Crippen molar-refractivity contribution in [2.75, 3.05) is 38.2 Å². The molecule has 2 amide bonds. The second-order valence-corrected chi connectivity index (χ2v) is 12.7. The number of aliphatic carboxylic acids is 2. The van der Waals surface area contributed by atoms with E-state index in [1.807, 2.05) is 13.8 Å². The first-order valence-electron chi connectivity index (χ1n) is 14.1. The first-order chi connectivity index (χ1) is 20.8. The van der Waals surface area contributed by atoms with Crippen LogP contribution in [-0.4, -0.2) is 123 Å². The minimum Gasteiger partial charge on any atom is -0.477 e. The van der Waals surface area contributed by atoms with Crippen LogP contribution in [0.25, 0.3) is 0 Å². The van der Waals surface area contributed by atoms with Gasteiger partial charge in [0.25, 0.3) is 0 Å². The summed E-state index contributed by atoms with van der Waals surface area (Å²) in [6.45, 7) is 8.48. The number of carboxylic acid groups (broad SMARTS) is 2. The van der Waals surface area contributed by atoms with Gasteiger partial charge in [0.15, 0.2) is 0 Å². The summed E-state index contributed by atoms with van der Waals surface area (Å²) in [5.74, 6) is -3.69. The zero-order chi connectivity index (χ0) is 32.9. The van der Waals surface area contributed by atoms with E-state index in [0.29, 0.717) is 42.1 Å². The summed E-state index contributed by atoms with van der Waals surface area (Å²) >= 11 is 2.55. The van der Waals surface area contributed by atoms with Gasteiger partial charge in [0, 0.05) is 28.2 Å². The van der Waals surface area contributed by atoms with Crippen LogP contribution in [0.15, 0.2) is 26.2 Å². The molecule has 8 unspecified atom stereocenters. The average molecular weight is 660 g/mol. The van der Waals surface area contributed by atoms with Crippen LogP contribution in [0.1, 0.15) is 27.7 Å². The monoisotopic (exact) mass is 659 g/mol. The first-order valence-corrected chi connectivity index (χ1v) is 16.1. The van der Waals surface area contributed by atoms with E-state index < -0.39 is 36.0 Å². The Morgan fingerprint density at radius 2 is 1.30 bits per heavy atom. The maximum Gasteiger partial charge on any atom is 0.353 e. The van der Waals surface area contributed by atoms with Crippen LogP contribution < -0.4 is 11.5 Å². The van der Waals surface area contributed by atoms with Crippen LogP contribution in [-0.2, 0) is 28.7 Å². The second kappa shape index (κ2) is 15.6. The number of carboxylic acids is 2. The molecule has 4 rings (SSSR count). The van der Waals surface area contributed by atoms with Gasteiger partial charge >= 0.3 is 11.9 Å². The summed E-state index contributed by atoms with van der Waals surface area (Å²) in [7, 11) is 0. The van der Waals surface area contributed by atoms with Crippen molar-refractivity contribution in [3.05, 3.63) is 21.2 Å². The summed E-state index contributed by atoms with van der Waals surface area (Å²) < 4.78 is 10.7. The number of β-lactam (4-membered cyclic amide) rings is 2. The number of nitrogens with zero attached hydrogens (tertiary/aromatic N) is 3. The lowest BCUT2D eigenvalue weighted by molar-refractivity contribution is -0.163. The molecule has 8 atom stereocenters. The van der Waals surface area contributed by atoms with Crippen molar-refractivity contribution in [1.29, 1.82) is 0 Å². The van der Waals surface area contributed by atoms with Gasteiger partial charge in [-0.05, 0) is 13.8 Å². The molecule has 0 saturated carbocycles. The molecule has 0 spiro atoms. The van der Waals surface area contributed by atoms with Gasteiger partial charge in [-0.25, -0.2) is 9.59 Å². The zero-order valence-electron chi connectivity index (χ0n) is 25.0. The third-order valence-electron chi connectivity index (χ3n) is 7.95. The van der Waals surface area contributed by atoms with Gasteiger partial charge < -0.3 is 51.2 Å². The molecule has 0 aromatic carbocycles. The SMILES string of the molecule is CC(O)C1C(=O)N2C(C(=O)O)=C(SCOCCN)C(C)C12.CC(O)C1C(=O)N2C(C(=O)O)=C(SCOCCN=CN)C(C)C12. The molecule has 0 aromatic heterocycles. The Balaban J connectivity index is 0.000000241. The van der Waals surface area contributed by atoms with Crippen molar-refractivity contribution in [2.45, 2.75) is 52.0 Å². The molecule has 4 aliphatic rings. The quantitative estimate of drug-likeness (QED) is 0.0433. The van der Waals surface area contributed by atoms with Gasteiger partial charge in [0.05, 0.1) is 74.1 Å². The number of carbonyl (C=O) groups excluding carboxylic acids is 2. The largest absolute Gasteiger partial charge is 0.477 e. The van der Waals surface area contributed by atoms with Gasteiger partial charge in [-0.1, -0.05) is 37.4 Å². The number of hydrogen-bond donors (Lipinski definition) is 6. The van der Waals surface area contributed by atoms with Crippen molar-refractivity contribution in [3.63, 3.8) is 0 Å². The van der Waals surface area contributed by atoms with Gasteiger partial charge in [0.2, 0.25) is 11.8 Å². The third-order valence-corrected chi connectivity index (χ3v) is 10.3. The lowest BCUT2D eigenvalue weighted by Crippen LogP contribution is -2.63. The Labute approximate surface area is 263 Å². The molecule has 0 radical (unpaired) electrons. The van der Waals surface area contributed by atoms with Crippen LogP contribution >= 0.6 is 23.5 Å². The molecule has 2 fully saturated rings. The summed E-state index contributed by atoms with van der Waals surface area (Å²) in [4.78, 5) is 54.9. The fourth-order valence-electron chi connectivity index (χ4n) is 6.03. The molecule has 17 heteroatoms. The number of fused-ring (bicyclic) bond motifs is 2. The molecule has 4 aliphatic heterocycles. The van der Waals surface area contributed by atoms with Crippen LogP contribution in [0.5, 0.6) is 0 Å². The highest BCUT2D eigenvalue weighted by atomic mass is 32.2. The van der Waals surface area contributed by atoms with Crippen molar-refractivity contribution < 1.29 is 49.1 Å². The standard InChI is InChI=1S/C14H21N3O5S.C13H20N2O5S/c1-7-10-9(8(2)18)13(19)17(10)11(14(20)21)12(7)23-6-22-4-3-16-5-15;1-6-9-8(7(2)16)12(17)15(9)10(13(18)19)11(6)21-5-20-4-3-14/h5,7-10,18H,3-4,6H2,1-2H3,(H2,15,16)(H,20,21);6-9,16H,3-5,14H2,1-2H3,(H,18,19). The maximum absolute atomic E-state index is 12.1. The van der Waals surface area contributed by atoms with Crippen LogP contribution in [0.4, 0.5) is 0 Å². The van der Waals surface area contributed by atoms with Crippen molar-refractivity contribution in [3.8, 4) is 0 Å². The summed E-state index contributed by atoms with van der Waals surface area (Å²) in [5, 5.41) is 38.3. The Bertz CT molecular complexity index is 1210. The Morgan fingerprint density at radius 3 is 1.64 bits per heavy atom. The minimum atomic E-state index is -1.13. The number of thioether (sulfide) groups is 2. The van der Waals surface area contributed by atoms with E-state index in [1.165, 1.54) is 39.7 Å². The molecule has 15 nitrogen and oxygen atoms in total. The zero-order valence-corrected chi connectivity index (χ0v) is 26.6. The van der Waals surface area contributed by atoms with Gasteiger partial charge in [-0.3, -0.25) is 14.6 Å². The van der Waals surface area contributed by atoms with Crippen molar-refractivity contribution in [1.82, 2.24) is 9.80 Å². The van der Waals surface area contributed by atoms with Gasteiger partial charge in [-0.15, -0.1) is 0 Å². The average Bonchev–Trinajstić information content (AvgIpc) is 3.34. The molecule has 44 heavy (non-hydrogen) atoms. The van der Waals surface area contributed by atoms with E-state index in [2.05, 4.69) is 4.99 Å². The molecular formula is C27H41N5O10S2. The predicted octanol–water partition coefficient (Wildman–Crippen LogP) is -0.359. The van der Waals surface area contributed by atoms with E-state index in [9.17, 15) is 39.6 Å². The number of aliphatic imine (C=N–C) groups is 1. The van der Waals surface area contributed by atoms with Crippen LogP contribution in [0.2, 0.25) is 0 Å². The number of carbonyl (C=O) groups is 4. The van der Waals surface area contributed by atoms with Gasteiger partial charge in [0.1, 0.15) is 11.4 Å². The summed E-state index contributed by atoms with van der Waals surface area (Å²) in [6.07, 6.45) is -0.377. The van der Waals surface area contributed by atoms with E-state index in [0.717, 1.165) is 0 Å². The number of aliphatic hydroxyl groups excluding tert-OH is 2. The minimum absolute atomic E-state index is 0.0120. The number of aliphatic hydroxyl groups is 2. The number of nitrogens with two attached hydrogens (primary N) is 2. The number of ether oxygens (including phenoxy) is 2. The predicted molar refractivity (Wildman–Crippen MR) is 163 cm³/mol. The highest BCUT2D eigenvalue weighted by Gasteiger charge is 2.61. The topological polar surface area (TPSA) is 239 Å². The van der Waals surface area contributed by atoms with Gasteiger partial charge in [-0.2, -0.15) is 0 Å². The molecular weight excluding hydrogens is 618 g/mol. The lowest BCUT2D eigenvalue weighted by Gasteiger charge is -2.46. The maximum atomic E-state index is 12.1. The van der Waals surface area contributed by atoms with E-state index in [4.69, 9.17) is 20.9 Å². The molecule has 2 saturated heterocycles. The number of hydrogen-bond acceptors (Lipinski definition) is 12. The molecule has 0 aromatic rings. The number of amides is 2. The first kappa shape index (κ1) is 35.8. The highest BCUT2D eigenvalue weighted by Crippen LogP contribution is 2.51. The third kappa shape index (κ3) is 6.93.